The maximum absolute atomic E-state index is 2.78. The lowest BCUT2D eigenvalue weighted by atomic mass is 9.86. The molecule has 2 saturated heterocycles. The predicted octanol–water partition coefficient (Wildman–Crippen LogP) is 3.25. The van der Waals surface area contributed by atoms with Crippen molar-refractivity contribution in [1.82, 2.24) is 4.90 Å². The summed E-state index contributed by atoms with van der Waals surface area (Å²) >= 11 is 2.14. The summed E-state index contributed by atoms with van der Waals surface area (Å²) in [4.78, 5) is 2.78. The van der Waals surface area contributed by atoms with E-state index < -0.39 is 0 Å². The predicted molar refractivity (Wildman–Crippen MR) is 69.5 cm³/mol. The first-order chi connectivity index (χ1) is 7.27. The van der Waals surface area contributed by atoms with Crippen LogP contribution in [0.15, 0.2) is 0 Å². The van der Waals surface area contributed by atoms with Crippen molar-refractivity contribution >= 4 is 11.8 Å². The summed E-state index contributed by atoms with van der Waals surface area (Å²) in [5.41, 5.74) is 0. The van der Waals surface area contributed by atoms with Gasteiger partial charge in [-0.3, -0.25) is 0 Å². The van der Waals surface area contributed by atoms with Crippen LogP contribution in [0.4, 0.5) is 0 Å². The van der Waals surface area contributed by atoms with Crippen LogP contribution in [0.5, 0.6) is 0 Å². The summed E-state index contributed by atoms with van der Waals surface area (Å²) in [6, 6.07) is 0.930. The second-order valence-corrected chi connectivity index (χ2v) is 6.69. The van der Waals surface area contributed by atoms with Gasteiger partial charge in [0.25, 0.3) is 0 Å². The molecule has 1 nitrogen and oxygen atoms in total. The van der Waals surface area contributed by atoms with Crippen molar-refractivity contribution in [3.63, 3.8) is 0 Å². The Bertz CT molecular complexity index is 179. The lowest BCUT2D eigenvalue weighted by Gasteiger charge is -2.40. The second-order valence-electron chi connectivity index (χ2n) is 5.46. The molecule has 0 aromatic carbocycles. The first kappa shape index (κ1) is 11.8. The van der Waals surface area contributed by atoms with Gasteiger partial charge >= 0.3 is 0 Å². The fraction of sp³-hybridized carbons (Fsp3) is 1.00. The minimum Gasteiger partial charge on any atom is -0.300 e. The summed E-state index contributed by atoms with van der Waals surface area (Å²) in [6.07, 6.45) is 5.77. The molecule has 2 aliphatic heterocycles. The van der Waals surface area contributed by atoms with E-state index in [1.54, 1.807) is 0 Å². The number of nitrogens with zero attached hydrogens (tertiary/aromatic N) is 1. The van der Waals surface area contributed by atoms with E-state index in [9.17, 15) is 0 Å². The van der Waals surface area contributed by atoms with Crippen molar-refractivity contribution in [2.45, 2.75) is 45.6 Å². The van der Waals surface area contributed by atoms with Crippen LogP contribution in [-0.4, -0.2) is 35.5 Å². The molecule has 15 heavy (non-hydrogen) atoms. The number of piperidine rings is 1. The zero-order valence-electron chi connectivity index (χ0n) is 10.2. The Labute approximate surface area is 99.0 Å². The van der Waals surface area contributed by atoms with Crippen LogP contribution >= 0.6 is 11.8 Å². The van der Waals surface area contributed by atoms with Crippen LogP contribution in [-0.2, 0) is 0 Å². The normalized spacial score (nSPS) is 27.4. The molecule has 2 aliphatic rings. The third-order valence-electron chi connectivity index (χ3n) is 4.22. The average Bonchev–Trinajstić information content (AvgIpc) is 2.30. The summed E-state index contributed by atoms with van der Waals surface area (Å²) in [7, 11) is 0. The van der Waals surface area contributed by atoms with Crippen LogP contribution in [0.3, 0.4) is 0 Å². The first-order valence-corrected chi connectivity index (χ1v) is 7.74. The summed E-state index contributed by atoms with van der Waals surface area (Å²) in [6.45, 7) is 7.52. The van der Waals surface area contributed by atoms with Crippen molar-refractivity contribution in [2.24, 2.45) is 11.8 Å². The third-order valence-corrected chi connectivity index (χ3v) is 5.27. The number of likely N-dealkylation sites (tertiary alicyclic amines) is 1. The fourth-order valence-corrected chi connectivity index (χ4v) is 4.08. The van der Waals surface area contributed by atoms with Crippen LogP contribution in [0.1, 0.15) is 39.5 Å². The van der Waals surface area contributed by atoms with Gasteiger partial charge in [-0.1, -0.05) is 13.8 Å². The minimum atomic E-state index is 0.897. The fourth-order valence-electron chi connectivity index (χ4n) is 3.00. The van der Waals surface area contributed by atoms with Gasteiger partial charge in [0.05, 0.1) is 0 Å². The molecule has 2 fully saturated rings. The zero-order chi connectivity index (χ0) is 10.7. The zero-order valence-corrected chi connectivity index (χ0v) is 11.1. The molecule has 0 aliphatic carbocycles. The summed E-state index contributed by atoms with van der Waals surface area (Å²) in [5.74, 6) is 4.69. The lowest BCUT2D eigenvalue weighted by Crippen LogP contribution is -2.43. The summed E-state index contributed by atoms with van der Waals surface area (Å²) < 4.78 is 0. The molecular formula is C13H25NS. The van der Waals surface area contributed by atoms with Crippen molar-refractivity contribution in [3.8, 4) is 0 Å². The third kappa shape index (κ3) is 3.13. The molecule has 2 heterocycles. The molecule has 0 bridgehead atoms. The van der Waals surface area contributed by atoms with E-state index in [1.807, 2.05) is 0 Å². The van der Waals surface area contributed by atoms with Crippen LogP contribution in [0, 0.1) is 11.8 Å². The Hall–Kier alpha value is 0.310. The maximum Gasteiger partial charge on any atom is 0.0111 e. The van der Waals surface area contributed by atoms with E-state index in [0.29, 0.717) is 0 Å². The molecule has 0 saturated carbocycles. The molecular weight excluding hydrogens is 202 g/mol. The molecule has 0 spiro atoms. The summed E-state index contributed by atoms with van der Waals surface area (Å²) in [5, 5.41) is 0. The Morgan fingerprint density at radius 1 is 1.00 bits per heavy atom. The largest absolute Gasteiger partial charge is 0.300 e. The molecule has 88 valence electrons. The van der Waals surface area contributed by atoms with Gasteiger partial charge in [0.1, 0.15) is 0 Å². The second kappa shape index (κ2) is 5.58. The number of thioether (sulfide) groups is 1. The molecule has 0 aromatic heterocycles. The number of hydrogen-bond acceptors (Lipinski definition) is 2. The molecule has 0 aromatic rings. The van der Waals surface area contributed by atoms with E-state index >= 15 is 0 Å². The van der Waals surface area contributed by atoms with Crippen molar-refractivity contribution < 1.29 is 0 Å². The van der Waals surface area contributed by atoms with Gasteiger partial charge in [-0.25, -0.2) is 0 Å². The van der Waals surface area contributed by atoms with Gasteiger partial charge in [-0.05, 0) is 62.1 Å². The van der Waals surface area contributed by atoms with E-state index in [0.717, 1.165) is 17.9 Å². The SMILES string of the molecule is CC(C)C1CCN(C2CCSCC2)CC1. The Morgan fingerprint density at radius 2 is 1.60 bits per heavy atom. The Kier molecular flexibility index (Phi) is 4.39. The Balaban J connectivity index is 1.77. The molecule has 0 N–H and O–H groups in total. The van der Waals surface area contributed by atoms with Crippen molar-refractivity contribution in [1.29, 1.82) is 0 Å². The van der Waals surface area contributed by atoms with Crippen LogP contribution < -0.4 is 0 Å². The van der Waals surface area contributed by atoms with E-state index in [-0.39, 0.29) is 0 Å². The van der Waals surface area contributed by atoms with Crippen molar-refractivity contribution in [2.75, 3.05) is 24.6 Å². The van der Waals surface area contributed by atoms with Gasteiger partial charge in [-0.15, -0.1) is 0 Å². The van der Waals surface area contributed by atoms with Gasteiger partial charge in [0.2, 0.25) is 0 Å². The monoisotopic (exact) mass is 227 g/mol. The Morgan fingerprint density at radius 3 is 2.13 bits per heavy atom. The topological polar surface area (TPSA) is 3.24 Å². The highest BCUT2D eigenvalue weighted by atomic mass is 32.2. The number of hydrogen-bond donors (Lipinski definition) is 0. The highest BCUT2D eigenvalue weighted by Crippen LogP contribution is 2.29. The van der Waals surface area contributed by atoms with Crippen molar-refractivity contribution in [3.05, 3.63) is 0 Å². The molecule has 2 rings (SSSR count). The molecule has 0 amide bonds. The van der Waals surface area contributed by atoms with Gasteiger partial charge < -0.3 is 4.90 Å². The molecule has 0 radical (unpaired) electrons. The number of rotatable bonds is 2. The maximum atomic E-state index is 2.78. The van der Waals surface area contributed by atoms with Gasteiger partial charge in [0, 0.05) is 6.04 Å². The van der Waals surface area contributed by atoms with E-state index in [2.05, 4.69) is 30.5 Å². The standard InChI is InChI=1S/C13H25NS/c1-11(2)12-3-7-14(8-4-12)13-5-9-15-10-6-13/h11-13H,3-10H2,1-2H3. The van der Waals surface area contributed by atoms with Gasteiger partial charge in [0.15, 0.2) is 0 Å². The highest BCUT2D eigenvalue weighted by molar-refractivity contribution is 7.99. The minimum absolute atomic E-state index is 0.897. The van der Waals surface area contributed by atoms with E-state index in [4.69, 9.17) is 0 Å². The lowest BCUT2D eigenvalue weighted by molar-refractivity contribution is 0.109. The van der Waals surface area contributed by atoms with Gasteiger partial charge in [-0.2, -0.15) is 11.8 Å². The smallest absolute Gasteiger partial charge is 0.0111 e. The average molecular weight is 227 g/mol. The van der Waals surface area contributed by atoms with Crippen LogP contribution in [0.2, 0.25) is 0 Å². The van der Waals surface area contributed by atoms with Crippen LogP contribution in [0.25, 0.3) is 0 Å². The highest BCUT2D eigenvalue weighted by Gasteiger charge is 2.27. The molecule has 0 unspecified atom stereocenters. The first-order valence-electron chi connectivity index (χ1n) is 6.59. The van der Waals surface area contributed by atoms with E-state index in [1.165, 1.54) is 50.3 Å². The molecule has 0 atom stereocenters. The molecule has 2 heteroatoms. The quantitative estimate of drug-likeness (QED) is 0.712.